The Hall–Kier alpha value is -0.190. The Morgan fingerprint density at radius 3 is 2.42 bits per heavy atom. The van der Waals surface area contributed by atoms with Crippen LogP contribution in [-0.2, 0) is 9.59 Å². The van der Waals surface area contributed by atoms with E-state index in [1.165, 1.54) is 37.2 Å². The summed E-state index contributed by atoms with van der Waals surface area (Å²) in [6.45, 7) is 2.85. The van der Waals surface area contributed by atoms with E-state index in [9.17, 15) is 9.59 Å². The highest BCUT2D eigenvalue weighted by Crippen LogP contribution is 2.14. The first-order valence-electron chi connectivity index (χ1n) is 6.51. The molecule has 0 rings (SSSR count). The number of alkyl halides is 2. The fourth-order valence-corrected chi connectivity index (χ4v) is 2.13. The lowest BCUT2D eigenvalue weighted by molar-refractivity contribution is -0.116. The maximum Gasteiger partial charge on any atom is 0.244 e. The Bertz CT molecular complexity index is 296. The number of hydrogen-bond donors (Lipinski definition) is 1. The lowest BCUT2D eigenvalue weighted by Crippen LogP contribution is -2.21. The van der Waals surface area contributed by atoms with Gasteiger partial charge in [0, 0.05) is 12.6 Å². The van der Waals surface area contributed by atoms with Crippen molar-refractivity contribution >= 4 is 46.0 Å². The predicted molar refractivity (Wildman–Crippen MR) is 83.6 cm³/mol. The van der Waals surface area contributed by atoms with Crippen molar-refractivity contribution in [1.82, 2.24) is 5.32 Å². The Labute approximate surface area is 129 Å². The quantitative estimate of drug-likeness (QED) is 0.374. The van der Waals surface area contributed by atoms with Crippen molar-refractivity contribution in [2.75, 3.05) is 6.54 Å². The smallest absolute Gasteiger partial charge is 0.244 e. The summed E-state index contributed by atoms with van der Waals surface area (Å²) in [5.74, 6) is -0.199. The molecular weight excluding hydrogens is 305 g/mol. The van der Waals surface area contributed by atoms with Gasteiger partial charge in [-0.2, -0.15) is 0 Å². The molecule has 0 heterocycles. The van der Waals surface area contributed by atoms with Gasteiger partial charge in [-0.3, -0.25) is 9.59 Å². The highest BCUT2D eigenvalue weighted by molar-refractivity contribution is 8.16. The number of carbonyl (C=O) groups excluding carboxylic acids is 2. The van der Waals surface area contributed by atoms with Crippen molar-refractivity contribution in [3.63, 3.8) is 0 Å². The molecule has 0 aromatic heterocycles. The zero-order valence-electron chi connectivity index (χ0n) is 11.2. The second kappa shape index (κ2) is 12.8. The van der Waals surface area contributed by atoms with Crippen molar-refractivity contribution in [3.8, 4) is 0 Å². The van der Waals surface area contributed by atoms with Crippen molar-refractivity contribution in [2.24, 2.45) is 0 Å². The first kappa shape index (κ1) is 18.8. The van der Waals surface area contributed by atoms with Gasteiger partial charge in [0.05, 0.1) is 0 Å². The van der Waals surface area contributed by atoms with E-state index in [1.807, 2.05) is 0 Å². The lowest BCUT2D eigenvalue weighted by Gasteiger charge is -2.02. The van der Waals surface area contributed by atoms with Gasteiger partial charge in [0.2, 0.25) is 11.0 Å². The summed E-state index contributed by atoms with van der Waals surface area (Å²) in [5.41, 5.74) is 0. The highest BCUT2D eigenvalue weighted by atomic mass is 35.5. The van der Waals surface area contributed by atoms with Crippen LogP contribution in [0.2, 0.25) is 0 Å². The highest BCUT2D eigenvalue weighted by Gasteiger charge is 2.09. The van der Waals surface area contributed by atoms with Crippen LogP contribution >= 0.6 is 35.0 Å². The molecule has 0 atom stereocenters. The zero-order chi connectivity index (χ0) is 14.5. The average molecular weight is 326 g/mol. The SMILES string of the molecule is CCCCCCCCNC(=O)/C=C\SC(=O)C(Cl)Cl. The van der Waals surface area contributed by atoms with Crippen LogP contribution < -0.4 is 5.32 Å². The molecule has 0 unspecified atom stereocenters. The lowest BCUT2D eigenvalue weighted by atomic mass is 10.1. The van der Waals surface area contributed by atoms with E-state index in [1.54, 1.807) is 0 Å². The molecule has 1 amide bonds. The van der Waals surface area contributed by atoms with Crippen molar-refractivity contribution in [2.45, 2.75) is 50.3 Å². The number of unbranched alkanes of at least 4 members (excludes halogenated alkanes) is 5. The molecule has 0 saturated carbocycles. The van der Waals surface area contributed by atoms with E-state index in [-0.39, 0.29) is 11.0 Å². The normalized spacial score (nSPS) is 11.2. The number of halogens is 2. The fourth-order valence-electron chi connectivity index (χ4n) is 1.39. The molecule has 0 fully saturated rings. The molecule has 3 nitrogen and oxygen atoms in total. The average Bonchev–Trinajstić information content (AvgIpc) is 2.37. The number of thioether (sulfide) groups is 1. The summed E-state index contributed by atoms with van der Waals surface area (Å²) in [6, 6.07) is 0. The maximum absolute atomic E-state index is 11.3. The summed E-state index contributed by atoms with van der Waals surface area (Å²) in [5, 5.41) is 3.77. The molecule has 0 radical (unpaired) electrons. The van der Waals surface area contributed by atoms with Gasteiger partial charge in [-0.15, -0.1) is 0 Å². The van der Waals surface area contributed by atoms with E-state index >= 15 is 0 Å². The van der Waals surface area contributed by atoms with Gasteiger partial charge in [-0.05, 0) is 11.8 Å². The minimum atomic E-state index is -1.05. The Morgan fingerprint density at radius 2 is 1.79 bits per heavy atom. The summed E-state index contributed by atoms with van der Waals surface area (Å²) >= 11 is 11.5. The number of hydrogen-bond acceptors (Lipinski definition) is 3. The molecule has 0 aliphatic carbocycles. The van der Waals surface area contributed by atoms with E-state index in [4.69, 9.17) is 23.2 Å². The second-order valence-electron chi connectivity index (χ2n) is 4.10. The topological polar surface area (TPSA) is 46.2 Å². The third-order valence-electron chi connectivity index (χ3n) is 2.41. The van der Waals surface area contributed by atoms with Gasteiger partial charge in [-0.1, -0.05) is 74.0 Å². The Morgan fingerprint density at radius 1 is 1.16 bits per heavy atom. The summed E-state index contributed by atoms with van der Waals surface area (Å²) < 4.78 is 0. The summed E-state index contributed by atoms with van der Waals surface area (Å²) in [7, 11) is 0. The van der Waals surface area contributed by atoms with E-state index in [0.29, 0.717) is 6.54 Å². The molecule has 110 valence electrons. The first-order chi connectivity index (χ1) is 9.07. The van der Waals surface area contributed by atoms with E-state index < -0.39 is 4.84 Å². The van der Waals surface area contributed by atoms with Gasteiger partial charge < -0.3 is 5.32 Å². The molecule has 0 bridgehead atoms. The van der Waals surface area contributed by atoms with Crippen LogP contribution in [0.15, 0.2) is 11.5 Å². The number of carbonyl (C=O) groups is 2. The number of nitrogens with one attached hydrogen (secondary N) is 1. The minimum Gasteiger partial charge on any atom is -0.353 e. The molecule has 0 spiro atoms. The molecule has 0 saturated heterocycles. The van der Waals surface area contributed by atoms with Crippen molar-refractivity contribution in [3.05, 3.63) is 11.5 Å². The van der Waals surface area contributed by atoms with Gasteiger partial charge in [0.25, 0.3) is 0 Å². The predicted octanol–water partition coefficient (Wildman–Crippen LogP) is 4.04. The van der Waals surface area contributed by atoms with Crippen molar-refractivity contribution < 1.29 is 9.59 Å². The minimum absolute atomic E-state index is 0.199. The van der Waals surface area contributed by atoms with E-state index in [0.717, 1.165) is 24.6 Å². The summed E-state index contributed by atoms with van der Waals surface area (Å²) in [6.07, 6.45) is 8.44. The number of amides is 1. The van der Waals surface area contributed by atoms with Crippen LogP contribution in [0.3, 0.4) is 0 Å². The molecule has 1 N–H and O–H groups in total. The van der Waals surface area contributed by atoms with Gasteiger partial charge in [0.15, 0.2) is 4.84 Å². The van der Waals surface area contributed by atoms with E-state index in [2.05, 4.69) is 12.2 Å². The molecule has 0 aromatic carbocycles. The Kier molecular flexibility index (Phi) is 12.7. The third-order valence-corrected chi connectivity index (χ3v) is 3.81. The van der Waals surface area contributed by atoms with Crippen LogP contribution in [0.25, 0.3) is 0 Å². The molecule has 0 aliphatic heterocycles. The third kappa shape index (κ3) is 12.6. The van der Waals surface area contributed by atoms with Gasteiger partial charge in [0.1, 0.15) is 0 Å². The zero-order valence-corrected chi connectivity index (χ0v) is 13.5. The van der Waals surface area contributed by atoms with Gasteiger partial charge in [-0.25, -0.2) is 0 Å². The van der Waals surface area contributed by atoms with Crippen LogP contribution in [0.5, 0.6) is 0 Å². The molecular formula is C13H21Cl2NO2S. The van der Waals surface area contributed by atoms with Crippen LogP contribution in [0.4, 0.5) is 0 Å². The monoisotopic (exact) mass is 325 g/mol. The van der Waals surface area contributed by atoms with Crippen LogP contribution in [0.1, 0.15) is 45.4 Å². The maximum atomic E-state index is 11.3. The van der Waals surface area contributed by atoms with Crippen molar-refractivity contribution in [1.29, 1.82) is 0 Å². The standard InChI is InChI=1S/C13H21Cl2NO2S/c1-2-3-4-5-6-7-9-16-11(17)8-10-19-13(18)12(14)15/h8,10,12H,2-7,9H2,1H3,(H,16,17)/b10-8-. The molecule has 0 aliphatic rings. The van der Waals surface area contributed by atoms with Gasteiger partial charge >= 0.3 is 0 Å². The summed E-state index contributed by atoms with van der Waals surface area (Å²) in [4.78, 5) is 21.3. The van der Waals surface area contributed by atoms with Crippen LogP contribution in [-0.4, -0.2) is 22.4 Å². The molecule has 0 aromatic rings. The Balaban J connectivity index is 3.49. The first-order valence-corrected chi connectivity index (χ1v) is 8.26. The molecule has 6 heteroatoms. The fraction of sp³-hybridized carbons (Fsp3) is 0.692. The number of rotatable bonds is 10. The van der Waals surface area contributed by atoms with Crippen LogP contribution in [0, 0.1) is 0 Å². The second-order valence-corrected chi connectivity index (χ2v) is 6.11. The largest absolute Gasteiger partial charge is 0.353 e. The molecule has 19 heavy (non-hydrogen) atoms.